The van der Waals surface area contributed by atoms with Crippen molar-refractivity contribution in [3.8, 4) is 22.6 Å². The van der Waals surface area contributed by atoms with Gasteiger partial charge in [-0.25, -0.2) is 4.98 Å². The predicted molar refractivity (Wildman–Crippen MR) is 84.5 cm³/mol. The summed E-state index contributed by atoms with van der Waals surface area (Å²) in [6, 6.07) is 12.8. The molecule has 0 spiro atoms. The summed E-state index contributed by atoms with van der Waals surface area (Å²) in [7, 11) is 0. The van der Waals surface area contributed by atoms with Crippen molar-refractivity contribution in [3.05, 3.63) is 63.7 Å². The predicted octanol–water partition coefficient (Wildman–Crippen LogP) is 5.70. The van der Waals surface area contributed by atoms with E-state index in [4.69, 9.17) is 34.8 Å². The Morgan fingerprint density at radius 3 is 2.25 bits per heavy atom. The standard InChI is InChI=1S/C15H9Cl3N2/c16-10-3-1-9(2-4-10)15-19-8-14(20-15)12-6-5-11(17)7-13(12)18/h1-8H,(H,19,20). The maximum absolute atomic E-state index is 6.19. The molecule has 2 nitrogen and oxygen atoms in total. The van der Waals surface area contributed by atoms with E-state index in [-0.39, 0.29) is 0 Å². The van der Waals surface area contributed by atoms with Crippen LogP contribution in [0.1, 0.15) is 0 Å². The van der Waals surface area contributed by atoms with Crippen LogP contribution in [0.15, 0.2) is 48.7 Å². The first-order valence-corrected chi connectivity index (χ1v) is 7.03. The van der Waals surface area contributed by atoms with Crippen LogP contribution in [0.4, 0.5) is 0 Å². The molecule has 1 N–H and O–H groups in total. The molecule has 0 aliphatic carbocycles. The van der Waals surface area contributed by atoms with Crippen molar-refractivity contribution < 1.29 is 0 Å². The lowest BCUT2D eigenvalue weighted by molar-refractivity contribution is 1.31. The van der Waals surface area contributed by atoms with Gasteiger partial charge >= 0.3 is 0 Å². The number of aromatic nitrogens is 2. The number of H-pyrrole nitrogens is 1. The van der Waals surface area contributed by atoms with E-state index in [0.29, 0.717) is 15.1 Å². The molecule has 3 rings (SSSR count). The van der Waals surface area contributed by atoms with Gasteiger partial charge in [0.1, 0.15) is 5.82 Å². The van der Waals surface area contributed by atoms with Crippen LogP contribution in [0.25, 0.3) is 22.6 Å². The number of benzene rings is 2. The van der Waals surface area contributed by atoms with Gasteiger partial charge in [0.2, 0.25) is 0 Å². The molecule has 20 heavy (non-hydrogen) atoms. The van der Waals surface area contributed by atoms with Crippen LogP contribution in [-0.4, -0.2) is 9.97 Å². The van der Waals surface area contributed by atoms with Crippen LogP contribution in [0, 0.1) is 0 Å². The smallest absolute Gasteiger partial charge is 0.137 e. The molecule has 0 amide bonds. The molecule has 0 fully saturated rings. The molecule has 0 saturated heterocycles. The van der Waals surface area contributed by atoms with Crippen LogP contribution in [0.5, 0.6) is 0 Å². The Hall–Kier alpha value is -1.48. The Labute approximate surface area is 131 Å². The lowest BCUT2D eigenvalue weighted by atomic mass is 10.2. The van der Waals surface area contributed by atoms with Crippen molar-refractivity contribution in [1.82, 2.24) is 9.97 Å². The second-order valence-corrected chi connectivity index (χ2v) is 5.56. The molecule has 0 saturated carbocycles. The van der Waals surface area contributed by atoms with Crippen molar-refractivity contribution in [2.75, 3.05) is 0 Å². The normalized spacial score (nSPS) is 10.8. The van der Waals surface area contributed by atoms with Crippen LogP contribution < -0.4 is 0 Å². The third-order valence-electron chi connectivity index (χ3n) is 2.91. The summed E-state index contributed by atoms with van der Waals surface area (Å²) in [6.07, 6.45) is 1.75. The highest BCUT2D eigenvalue weighted by Crippen LogP contribution is 2.30. The quantitative estimate of drug-likeness (QED) is 0.643. The van der Waals surface area contributed by atoms with Crippen LogP contribution >= 0.6 is 34.8 Å². The van der Waals surface area contributed by atoms with E-state index in [1.54, 1.807) is 18.3 Å². The maximum Gasteiger partial charge on any atom is 0.137 e. The van der Waals surface area contributed by atoms with Gasteiger partial charge in [-0.15, -0.1) is 0 Å². The number of aromatic amines is 1. The van der Waals surface area contributed by atoms with E-state index in [2.05, 4.69) is 9.97 Å². The number of halogens is 3. The molecule has 5 heteroatoms. The summed E-state index contributed by atoms with van der Waals surface area (Å²) in [4.78, 5) is 7.61. The van der Waals surface area contributed by atoms with Gasteiger partial charge in [-0.3, -0.25) is 0 Å². The topological polar surface area (TPSA) is 28.7 Å². The van der Waals surface area contributed by atoms with Gasteiger partial charge in [-0.2, -0.15) is 0 Å². The van der Waals surface area contributed by atoms with Crippen molar-refractivity contribution in [2.45, 2.75) is 0 Å². The van der Waals surface area contributed by atoms with E-state index >= 15 is 0 Å². The molecule has 0 unspecified atom stereocenters. The van der Waals surface area contributed by atoms with E-state index in [1.165, 1.54) is 0 Å². The van der Waals surface area contributed by atoms with Gasteiger partial charge in [0.15, 0.2) is 0 Å². The van der Waals surface area contributed by atoms with Crippen molar-refractivity contribution in [1.29, 1.82) is 0 Å². The van der Waals surface area contributed by atoms with Crippen LogP contribution in [0.3, 0.4) is 0 Å². The summed E-state index contributed by atoms with van der Waals surface area (Å²) < 4.78 is 0. The van der Waals surface area contributed by atoms with Crippen LogP contribution in [0.2, 0.25) is 15.1 Å². The average Bonchev–Trinajstić information content (AvgIpc) is 2.89. The molecule has 3 aromatic rings. The molecule has 100 valence electrons. The molecular formula is C15H9Cl3N2. The lowest BCUT2D eigenvalue weighted by Gasteiger charge is -2.02. The average molecular weight is 324 g/mol. The summed E-state index contributed by atoms with van der Waals surface area (Å²) >= 11 is 18.0. The zero-order valence-corrected chi connectivity index (χ0v) is 12.5. The molecule has 0 aliphatic rings. The Balaban J connectivity index is 1.99. The minimum absolute atomic E-state index is 0.587. The second-order valence-electron chi connectivity index (χ2n) is 4.28. The van der Waals surface area contributed by atoms with Gasteiger partial charge < -0.3 is 4.98 Å². The fourth-order valence-corrected chi connectivity index (χ4v) is 2.56. The summed E-state index contributed by atoms with van der Waals surface area (Å²) in [5.74, 6) is 0.766. The fourth-order valence-electron chi connectivity index (χ4n) is 1.92. The Morgan fingerprint density at radius 1 is 0.850 bits per heavy atom. The van der Waals surface area contributed by atoms with E-state index < -0.39 is 0 Å². The number of imidazole rings is 1. The van der Waals surface area contributed by atoms with Gasteiger partial charge in [0, 0.05) is 21.2 Å². The molecule has 1 aromatic heterocycles. The third-order valence-corrected chi connectivity index (χ3v) is 3.71. The first-order valence-electron chi connectivity index (χ1n) is 5.90. The molecule has 1 heterocycles. The number of hydrogen-bond donors (Lipinski definition) is 1. The minimum Gasteiger partial charge on any atom is -0.338 e. The summed E-state index contributed by atoms with van der Waals surface area (Å²) in [6.45, 7) is 0. The first kappa shape index (κ1) is 13.5. The van der Waals surface area contributed by atoms with Gasteiger partial charge in [0.05, 0.1) is 16.9 Å². The molecule has 0 aliphatic heterocycles. The molecule has 0 radical (unpaired) electrons. The highest BCUT2D eigenvalue weighted by atomic mass is 35.5. The van der Waals surface area contributed by atoms with Gasteiger partial charge in [0.25, 0.3) is 0 Å². The summed E-state index contributed by atoms with van der Waals surface area (Å²) in [5.41, 5.74) is 2.67. The largest absolute Gasteiger partial charge is 0.338 e. The minimum atomic E-state index is 0.587. The maximum atomic E-state index is 6.19. The Bertz CT molecular complexity index is 748. The molecule has 2 aromatic carbocycles. The highest BCUT2D eigenvalue weighted by molar-refractivity contribution is 6.36. The van der Waals surface area contributed by atoms with Gasteiger partial charge in [-0.05, 0) is 42.5 Å². The zero-order valence-electron chi connectivity index (χ0n) is 10.2. The highest BCUT2D eigenvalue weighted by Gasteiger charge is 2.09. The van der Waals surface area contributed by atoms with E-state index in [0.717, 1.165) is 22.6 Å². The number of nitrogens with one attached hydrogen (secondary N) is 1. The summed E-state index contributed by atoms with van der Waals surface area (Å²) in [5, 5.41) is 1.89. The number of rotatable bonds is 2. The third kappa shape index (κ3) is 2.68. The lowest BCUT2D eigenvalue weighted by Crippen LogP contribution is -1.82. The SMILES string of the molecule is Clc1ccc(-c2ncc(-c3ccc(Cl)cc3Cl)[nH]2)cc1. The Morgan fingerprint density at radius 2 is 1.55 bits per heavy atom. The Kier molecular flexibility index (Phi) is 3.70. The monoisotopic (exact) mass is 322 g/mol. The molecule has 0 atom stereocenters. The second kappa shape index (κ2) is 5.49. The van der Waals surface area contributed by atoms with Crippen molar-refractivity contribution >= 4 is 34.8 Å². The van der Waals surface area contributed by atoms with Gasteiger partial charge in [-0.1, -0.05) is 34.8 Å². The number of nitrogens with zero attached hydrogens (tertiary/aromatic N) is 1. The van der Waals surface area contributed by atoms with Crippen molar-refractivity contribution in [3.63, 3.8) is 0 Å². The molecule has 0 bridgehead atoms. The first-order chi connectivity index (χ1) is 9.63. The van der Waals surface area contributed by atoms with E-state index in [1.807, 2.05) is 30.3 Å². The van der Waals surface area contributed by atoms with Crippen LogP contribution in [-0.2, 0) is 0 Å². The van der Waals surface area contributed by atoms with E-state index in [9.17, 15) is 0 Å². The fraction of sp³-hybridized carbons (Fsp3) is 0. The number of hydrogen-bond acceptors (Lipinski definition) is 1. The zero-order chi connectivity index (χ0) is 14.1. The van der Waals surface area contributed by atoms with Crippen molar-refractivity contribution in [2.24, 2.45) is 0 Å². The molecular weight excluding hydrogens is 315 g/mol.